The van der Waals surface area contributed by atoms with Crippen molar-refractivity contribution in [2.45, 2.75) is 128 Å². The second-order valence-electron chi connectivity index (χ2n) is 16.8. The maximum atomic E-state index is 14.3. The number of benzene rings is 3. The Morgan fingerprint density at radius 1 is 0.803 bits per heavy atom. The van der Waals surface area contributed by atoms with Crippen molar-refractivity contribution < 1.29 is 43.0 Å². The Morgan fingerprint density at radius 2 is 1.52 bits per heavy atom. The molecule has 5 N–H and O–H groups in total. The molecule has 4 bridgehead atoms. The van der Waals surface area contributed by atoms with Gasteiger partial charge < -0.3 is 36.1 Å². The molecule has 14 nitrogen and oxygen atoms in total. The first-order valence-electron chi connectivity index (χ1n) is 21.3. The number of aryl methyl sites for hydroxylation is 1. The zero-order valence-corrected chi connectivity index (χ0v) is 35.6. The van der Waals surface area contributed by atoms with Gasteiger partial charge >= 0.3 is 5.97 Å². The molecule has 2 heterocycles. The Hall–Kier alpha value is -6.05. The van der Waals surface area contributed by atoms with E-state index in [0.717, 1.165) is 37.7 Å². The number of nitrogens with one attached hydrogen (secondary N) is 5. The predicted molar refractivity (Wildman–Crippen MR) is 228 cm³/mol. The van der Waals surface area contributed by atoms with Crippen LogP contribution in [0.4, 0.5) is 0 Å². The molecule has 3 aromatic rings. The number of ether oxygens (including phenoxy) is 2. The lowest BCUT2D eigenvalue weighted by molar-refractivity contribution is -0.158. The topological polar surface area (TPSA) is 198 Å². The van der Waals surface area contributed by atoms with Crippen molar-refractivity contribution in [1.29, 1.82) is 0 Å². The smallest absolute Gasteiger partial charge is 0.333 e. The quantitative estimate of drug-likeness (QED) is 0.122. The van der Waals surface area contributed by atoms with E-state index in [4.69, 9.17) is 9.47 Å². The molecule has 6 rings (SSSR count). The molecule has 5 amide bonds. The minimum atomic E-state index is -1.30. The third-order valence-electron chi connectivity index (χ3n) is 10.6. The highest BCUT2D eigenvalue weighted by Crippen LogP contribution is 2.28. The average molecular weight is 838 g/mol. The number of rotatable bonds is 12. The van der Waals surface area contributed by atoms with Crippen LogP contribution < -0.4 is 31.3 Å². The number of ketones is 1. The summed E-state index contributed by atoms with van der Waals surface area (Å²) in [5.74, 6) is -4.03. The SMILES string of the molecule is CCCC(NC(=O)C1Cc2cccc(c2)Oc2ccc(cc2)CCCC(=O)NC(C2CCCCC2)C(=O)N1)C(=O)C(=O)NCC(=O)NC(C(=O)OC(C)(C)C)c1ccccc1. The summed E-state index contributed by atoms with van der Waals surface area (Å²) in [6.07, 6.45) is 6.30. The summed E-state index contributed by atoms with van der Waals surface area (Å²) in [5, 5.41) is 13.5. The molecule has 2 aliphatic heterocycles. The lowest BCUT2D eigenvalue weighted by atomic mass is 9.83. The van der Waals surface area contributed by atoms with Crippen LogP contribution in [0, 0.1) is 5.92 Å². The molecule has 1 saturated carbocycles. The number of hydrogen-bond donors (Lipinski definition) is 5. The standard InChI is InChI=1S/C47H59N5O9/c1-5-14-36(42(55)45(58)48-29-39(54)52-41(33-19-10-7-11-20-33)46(59)61-47(2,3)4)49-43(56)37-28-31-16-12-21-35(27-31)60-34-25-23-30(24-26-34)15-13-22-38(53)51-40(44(57)50-37)32-17-8-6-9-18-32/h7,10-12,16,19-21,23-27,32,36-37,40-41H,5-6,8-9,13-15,17-18,22,28-29H2,1-4H3,(H,48,58)(H,49,56)(H,50,57)(H,51,53)(H,52,54). The number of carbonyl (C=O) groups excluding carboxylic acids is 7. The van der Waals surface area contributed by atoms with Gasteiger partial charge in [0.15, 0.2) is 6.04 Å². The Morgan fingerprint density at radius 3 is 2.21 bits per heavy atom. The van der Waals surface area contributed by atoms with E-state index in [-0.39, 0.29) is 31.1 Å². The molecule has 326 valence electrons. The number of fused-ring (bicyclic) bond motifs is 11. The Kier molecular flexibility index (Phi) is 16.6. The molecule has 0 spiro atoms. The van der Waals surface area contributed by atoms with Gasteiger partial charge in [0, 0.05) is 12.8 Å². The van der Waals surface area contributed by atoms with Gasteiger partial charge in [-0.1, -0.05) is 87.2 Å². The maximum absolute atomic E-state index is 14.3. The number of esters is 1. The van der Waals surface area contributed by atoms with E-state index in [0.29, 0.717) is 41.9 Å². The zero-order valence-electron chi connectivity index (χ0n) is 35.6. The molecular formula is C47H59N5O9. The van der Waals surface area contributed by atoms with Crippen molar-refractivity contribution in [3.63, 3.8) is 0 Å². The Bertz CT molecular complexity index is 2010. The molecule has 4 unspecified atom stereocenters. The lowest BCUT2D eigenvalue weighted by Crippen LogP contribution is -2.59. The average Bonchev–Trinajstić information content (AvgIpc) is 3.23. The zero-order chi connectivity index (χ0) is 43.9. The van der Waals surface area contributed by atoms with Crippen LogP contribution in [-0.4, -0.2) is 71.6 Å². The lowest BCUT2D eigenvalue weighted by Gasteiger charge is -2.31. The molecule has 1 fully saturated rings. The molecule has 0 aromatic heterocycles. The van der Waals surface area contributed by atoms with Gasteiger partial charge in [0.25, 0.3) is 5.91 Å². The van der Waals surface area contributed by atoms with Gasteiger partial charge in [0.1, 0.15) is 29.2 Å². The Labute approximate surface area is 357 Å². The van der Waals surface area contributed by atoms with E-state index in [1.54, 1.807) is 82.3 Å². The first-order valence-corrected chi connectivity index (χ1v) is 21.3. The summed E-state index contributed by atoms with van der Waals surface area (Å²) < 4.78 is 11.6. The van der Waals surface area contributed by atoms with Crippen molar-refractivity contribution in [1.82, 2.24) is 26.6 Å². The molecular weight excluding hydrogens is 779 g/mol. The second-order valence-corrected chi connectivity index (χ2v) is 16.8. The van der Waals surface area contributed by atoms with E-state index in [1.807, 2.05) is 24.3 Å². The van der Waals surface area contributed by atoms with E-state index >= 15 is 0 Å². The number of amides is 5. The van der Waals surface area contributed by atoms with Crippen LogP contribution in [0.25, 0.3) is 0 Å². The molecule has 4 atom stereocenters. The number of hydrogen-bond acceptors (Lipinski definition) is 9. The van der Waals surface area contributed by atoms with Crippen molar-refractivity contribution in [3.05, 3.63) is 95.6 Å². The molecule has 0 radical (unpaired) electrons. The fourth-order valence-corrected chi connectivity index (χ4v) is 7.60. The van der Waals surface area contributed by atoms with Crippen molar-refractivity contribution in [2.75, 3.05) is 6.54 Å². The largest absolute Gasteiger partial charge is 0.458 e. The monoisotopic (exact) mass is 837 g/mol. The van der Waals surface area contributed by atoms with Crippen LogP contribution in [0.3, 0.4) is 0 Å². The highest BCUT2D eigenvalue weighted by atomic mass is 16.6. The first-order chi connectivity index (χ1) is 29.2. The maximum Gasteiger partial charge on any atom is 0.333 e. The van der Waals surface area contributed by atoms with Crippen LogP contribution in [0.1, 0.15) is 108 Å². The van der Waals surface area contributed by atoms with Crippen molar-refractivity contribution in [2.24, 2.45) is 5.92 Å². The van der Waals surface area contributed by atoms with E-state index in [1.165, 1.54) is 0 Å². The van der Waals surface area contributed by atoms with E-state index < -0.39 is 71.7 Å². The highest BCUT2D eigenvalue weighted by Gasteiger charge is 2.36. The Balaban J connectivity index is 1.33. The van der Waals surface area contributed by atoms with Crippen LogP contribution in [-0.2, 0) is 51.1 Å². The van der Waals surface area contributed by atoms with Gasteiger partial charge in [-0.2, -0.15) is 0 Å². The van der Waals surface area contributed by atoms with Gasteiger partial charge in [-0.25, -0.2) is 4.79 Å². The third-order valence-corrected chi connectivity index (χ3v) is 10.6. The highest BCUT2D eigenvalue weighted by molar-refractivity contribution is 6.38. The molecule has 3 aromatic carbocycles. The second kappa shape index (κ2) is 22.0. The van der Waals surface area contributed by atoms with Gasteiger partial charge in [0.2, 0.25) is 29.4 Å². The summed E-state index contributed by atoms with van der Waals surface area (Å²) in [5.41, 5.74) is 1.34. The van der Waals surface area contributed by atoms with Crippen LogP contribution >= 0.6 is 0 Å². The van der Waals surface area contributed by atoms with Crippen LogP contribution in [0.2, 0.25) is 0 Å². The number of carbonyl (C=O) groups is 7. The van der Waals surface area contributed by atoms with Gasteiger partial charge in [-0.3, -0.25) is 28.8 Å². The summed E-state index contributed by atoms with van der Waals surface area (Å²) in [6.45, 7) is 6.24. The predicted octanol–water partition coefficient (Wildman–Crippen LogP) is 5.08. The first kappa shape index (κ1) is 46.0. The molecule has 61 heavy (non-hydrogen) atoms. The van der Waals surface area contributed by atoms with Gasteiger partial charge in [-0.05, 0) is 99.7 Å². The normalized spacial score (nSPS) is 18.7. The van der Waals surface area contributed by atoms with Gasteiger partial charge in [0.05, 0.1) is 12.6 Å². The van der Waals surface area contributed by atoms with Crippen LogP contribution in [0.5, 0.6) is 11.5 Å². The summed E-state index contributed by atoms with van der Waals surface area (Å²) >= 11 is 0. The van der Waals surface area contributed by atoms with Crippen molar-refractivity contribution in [3.8, 4) is 11.5 Å². The summed E-state index contributed by atoms with van der Waals surface area (Å²) in [4.78, 5) is 94.8. The van der Waals surface area contributed by atoms with Crippen molar-refractivity contribution >= 4 is 41.3 Å². The summed E-state index contributed by atoms with van der Waals surface area (Å²) in [7, 11) is 0. The van der Waals surface area contributed by atoms with E-state index in [2.05, 4.69) is 26.6 Å². The summed E-state index contributed by atoms with van der Waals surface area (Å²) in [6, 6.07) is 18.7. The molecule has 14 heteroatoms. The molecule has 3 aliphatic rings. The minimum absolute atomic E-state index is 0.00131. The van der Waals surface area contributed by atoms with E-state index in [9.17, 15) is 33.6 Å². The molecule has 0 saturated heterocycles. The fraction of sp³-hybridized carbons (Fsp3) is 0.468. The minimum Gasteiger partial charge on any atom is -0.458 e. The number of Topliss-reactive ketones (excluding diaryl/α,β-unsaturated/α-hetero) is 1. The molecule has 1 aliphatic carbocycles. The van der Waals surface area contributed by atoms with Gasteiger partial charge in [-0.15, -0.1) is 0 Å². The van der Waals surface area contributed by atoms with Crippen LogP contribution in [0.15, 0.2) is 78.9 Å². The fourth-order valence-electron chi connectivity index (χ4n) is 7.60. The third kappa shape index (κ3) is 14.3.